The highest BCUT2D eigenvalue weighted by Crippen LogP contribution is 2.19. The Morgan fingerprint density at radius 2 is 1.95 bits per heavy atom. The SMILES string of the molecule is CN(CCc1nc2ccccc2c(=O)[nH]1)CCC(F)(F)F. The summed E-state index contributed by atoms with van der Waals surface area (Å²) in [5.41, 5.74) is 0.364. The topological polar surface area (TPSA) is 49.0 Å². The molecule has 0 aliphatic rings. The van der Waals surface area contributed by atoms with Crippen LogP contribution in [0.3, 0.4) is 0 Å². The maximum Gasteiger partial charge on any atom is 0.390 e. The Kier molecular flexibility index (Phi) is 4.62. The van der Waals surface area contributed by atoms with Crippen LogP contribution in [0.25, 0.3) is 10.9 Å². The van der Waals surface area contributed by atoms with Crippen LogP contribution in [0.4, 0.5) is 13.2 Å². The largest absolute Gasteiger partial charge is 0.390 e. The summed E-state index contributed by atoms with van der Waals surface area (Å²) in [5.74, 6) is 0.484. The molecular weight excluding hydrogens is 283 g/mol. The Bertz CT molecular complexity index is 666. The molecule has 2 aromatic rings. The summed E-state index contributed by atoms with van der Waals surface area (Å²) in [4.78, 5) is 20.4. The molecule has 1 heterocycles. The Morgan fingerprint density at radius 1 is 1.24 bits per heavy atom. The summed E-state index contributed by atoms with van der Waals surface area (Å²) >= 11 is 0. The molecule has 0 saturated carbocycles. The van der Waals surface area contributed by atoms with Crippen molar-refractivity contribution in [1.29, 1.82) is 0 Å². The second-order valence-corrected chi connectivity index (χ2v) is 4.95. The molecule has 0 atom stereocenters. The quantitative estimate of drug-likeness (QED) is 0.922. The van der Waals surface area contributed by atoms with Gasteiger partial charge in [-0.15, -0.1) is 0 Å². The van der Waals surface area contributed by atoms with Gasteiger partial charge in [-0.1, -0.05) is 12.1 Å². The van der Waals surface area contributed by atoms with Crippen LogP contribution >= 0.6 is 0 Å². The van der Waals surface area contributed by atoms with E-state index in [0.29, 0.717) is 29.7 Å². The maximum atomic E-state index is 12.1. The number of aromatic nitrogens is 2. The van der Waals surface area contributed by atoms with Crippen molar-refractivity contribution in [3.8, 4) is 0 Å². The zero-order valence-corrected chi connectivity index (χ0v) is 11.6. The van der Waals surface area contributed by atoms with Gasteiger partial charge in [0.1, 0.15) is 5.82 Å². The van der Waals surface area contributed by atoms with Crippen molar-refractivity contribution in [3.63, 3.8) is 0 Å². The zero-order chi connectivity index (χ0) is 15.5. The van der Waals surface area contributed by atoms with Gasteiger partial charge in [0.15, 0.2) is 0 Å². The molecule has 0 aliphatic heterocycles. The number of nitrogens with zero attached hydrogens (tertiary/aromatic N) is 2. The van der Waals surface area contributed by atoms with E-state index < -0.39 is 12.6 Å². The summed E-state index contributed by atoms with van der Waals surface area (Å²) in [6.07, 6.45) is -4.59. The summed E-state index contributed by atoms with van der Waals surface area (Å²) in [5, 5.41) is 0.506. The highest BCUT2D eigenvalue weighted by atomic mass is 19.4. The third-order valence-electron chi connectivity index (χ3n) is 3.17. The number of benzene rings is 1. The molecule has 1 aromatic carbocycles. The van der Waals surface area contributed by atoms with E-state index in [1.165, 1.54) is 0 Å². The van der Waals surface area contributed by atoms with E-state index in [4.69, 9.17) is 0 Å². The first-order valence-corrected chi connectivity index (χ1v) is 6.58. The highest BCUT2D eigenvalue weighted by Gasteiger charge is 2.26. The number of halogens is 3. The van der Waals surface area contributed by atoms with Crippen LogP contribution in [0, 0.1) is 0 Å². The number of para-hydroxylation sites is 1. The standard InChI is InChI=1S/C14H16F3N3O/c1-20(9-7-14(15,16)17)8-6-12-18-11-5-3-2-4-10(11)13(21)19-12/h2-5H,6-9H2,1H3,(H,18,19,21). The molecule has 0 fully saturated rings. The fraction of sp³-hybridized carbons (Fsp3) is 0.429. The number of rotatable bonds is 5. The lowest BCUT2D eigenvalue weighted by Crippen LogP contribution is -2.27. The van der Waals surface area contributed by atoms with Gasteiger partial charge in [-0.2, -0.15) is 13.2 Å². The number of nitrogens with one attached hydrogen (secondary N) is 1. The predicted molar refractivity (Wildman–Crippen MR) is 74.2 cm³/mol. The molecule has 114 valence electrons. The molecule has 0 unspecified atom stereocenters. The zero-order valence-electron chi connectivity index (χ0n) is 11.6. The lowest BCUT2D eigenvalue weighted by Gasteiger charge is -2.17. The average molecular weight is 299 g/mol. The van der Waals surface area contributed by atoms with Crippen molar-refractivity contribution in [2.75, 3.05) is 20.1 Å². The Hall–Kier alpha value is -1.89. The third kappa shape index (κ3) is 4.56. The van der Waals surface area contributed by atoms with Crippen molar-refractivity contribution >= 4 is 10.9 Å². The molecule has 0 spiro atoms. The van der Waals surface area contributed by atoms with Crippen LogP contribution < -0.4 is 5.56 Å². The molecule has 0 radical (unpaired) electrons. The average Bonchev–Trinajstić information content (AvgIpc) is 2.42. The highest BCUT2D eigenvalue weighted by molar-refractivity contribution is 5.77. The second-order valence-electron chi connectivity index (χ2n) is 4.95. The molecule has 7 heteroatoms. The van der Waals surface area contributed by atoms with Gasteiger partial charge in [0.25, 0.3) is 5.56 Å². The number of H-pyrrole nitrogens is 1. The van der Waals surface area contributed by atoms with E-state index in [0.717, 1.165) is 0 Å². The van der Waals surface area contributed by atoms with Crippen molar-refractivity contribution in [1.82, 2.24) is 14.9 Å². The molecule has 1 aromatic heterocycles. The summed E-state index contributed by atoms with van der Waals surface area (Å²) in [6.45, 7) is 0.332. The maximum absolute atomic E-state index is 12.1. The minimum Gasteiger partial charge on any atom is -0.310 e. The van der Waals surface area contributed by atoms with Gasteiger partial charge in [-0.3, -0.25) is 4.79 Å². The van der Waals surface area contributed by atoms with E-state index in [1.807, 2.05) is 0 Å². The first kappa shape index (κ1) is 15.5. The van der Waals surface area contributed by atoms with E-state index in [2.05, 4.69) is 9.97 Å². The van der Waals surface area contributed by atoms with Crippen LogP contribution in [-0.2, 0) is 6.42 Å². The molecule has 0 saturated heterocycles. The van der Waals surface area contributed by atoms with E-state index in [9.17, 15) is 18.0 Å². The molecule has 0 amide bonds. The van der Waals surface area contributed by atoms with Gasteiger partial charge in [-0.05, 0) is 19.2 Å². The van der Waals surface area contributed by atoms with Crippen molar-refractivity contribution < 1.29 is 13.2 Å². The molecule has 0 bridgehead atoms. The normalized spacial score (nSPS) is 12.2. The summed E-state index contributed by atoms with van der Waals surface area (Å²) in [7, 11) is 1.62. The molecule has 4 nitrogen and oxygen atoms in total. The summed E-state index contributed by atoms with van der Waals surface area (Å²) < 4.78 is 36.4. The van der Waals surface area contributed by atoms with Gasteiger partial charge in [0.05, 0.1) is 17.3 Å². The smallest absolute Gasteiger partial charge is 0.310 e. The molecule has 21 heavy (non-hydrogen) atoms. The van der Waals surface area contributed by atoms with Crippen LogP contribution in [0.2, 0.25) is 0 Å². The van der Waals surface area contributed by atoms with Crippen LogP contribution in [0.1, 0.15) is 12.2 Å². The van der Waals surface area contributed by atoms with Crippen molar-refractivity contribution in [3.05, 3.63) is 40.4 Å². The number of aromatic amines is 1. The van der Waals surface area contributed by atoms with Crippen LogP contribution in [-0.4, -0.2) is 41.2 Å². The van der Waals surface area contributed by atoms with E-state index in [1.54, 1.807) is 36.2 Å². The number of hydrogen-bond donors (Lipinski definition) is 1. The third-order valence-corrected chi connectivity index (χ3v) is 3.17. The number of likely N-dealkylation sites (N-methyl/N-ethyl adjacent to an activating group) is 1. The number of alkyl halides is 3. The number of hydrogen-bond acceptors (Lipinski definition) is 3. The fourth-order valence-electron chi connectivity index (χ4n) is 1.98. The minimum absolute atomic E-state index is 0.0681. The first-order chi connectivity index (χ1) is 9.85. The Morgan fingerprint density at radius 3 is 2.67 bits per heavy atom. The minimum atomic E-state index is -4.15. The first-order valence-electron chi connectivity index (χ1n) is 6.58. The van der Waals surface area contributed by atoms with Crippen LogP contribution in [0.15, 0.2) is 29.1 Å². The Balaban J connectivity index is 1.99. The van der Waals surface area contributed by atoms with E-state index in [-0.39, 0.29) is 12.1 Å². The van der Waals surface area contributed by atoms with Crippen LogP contribution in [0.5, 0.6) is 0 Å². The molecule has 2 rings (SSSR count). The van der Waals surface area contributed by atoms with Gasteiger partial charge in [-0.25, -0.2) is 4.98 Å². The van der Waals surface area contributed by atoms with Gasteiger partial charge < -0.3 is 9.88 Å². The fourth-order valence-corrected chi connectivity index (χ4v) is 1.98. The monoisotopic (exact) mass is 299 g/mol. The van der Waals surface area contributed by atoms with E-state index >= 15 is 0 Å². The number of fused-ring (bicyclic) bond motifs is 1. The second kappa shape index (κ2) is 6.26. The molecule has 0 aliphatic carbocycles. The molecular formula is C14H16F3N3O. The lowest BCUT2D eigenvalue weighted by molar-refractivity contribution is -0.137. The Labute approximate surface area is 119 Å². The summed E-state index contributed by atoms with van der Waals surface area (Å²) in [6, 6.07) is 6.96. The van der Waals surface area contributed by atoms with Gasteiger partial charge in [0.2, 0.25) is 0 Å². The predicted octanol–water partition coefficient (Wildman–Crippen LogP) is 2.35. The van der Waals surface area contributed by atoms with Crippen molar-refractivity contribution in [2.24, 2.45) is 0 Å². The lowest BCUT2D eigenvalue weighted by atomic mass is 10.2. The molecule has 1 N–H and O–H groups in total. The van der Waals surface area contributed by atoms with Gasteiger partial charge in [0, 0.05) is 19.5 Å². The van der Waals surface area contributed by atoms with Gasteiger partial charge >= 0.3 is 6.18 Å². The van der Waals surface area contributed by atoms with Crippen molar-refractivity contribution in [2.45, 2.75) is 19.0 Å².